The van der Waals surface area contributed by atoms with Crippen LogP contribution in [0.2, 0.25) is 0 Å². The van der Waals surface area contributed by atoms with E-state index in [1.165, 1.54) is 6.26 Å². The van der Waals surface area contributed by atoms with Crippen molar-refractivity contribution >= 4 is 10.8 Å². The third-order valence-corrected chi connectivity index (χ3v) is 2.45. The Hall–Kier alpha value is -2.49. The zero-order valence-electron chi connectivity index (χ0n) is 8.96. The fraction of sp³-hybridized carbons (Fsp3) is 0. The Kier molecular flexibility index (Phi) is 2.38. The van der Waals surface area contributed by atoms with Crippen molar-refractivity contribution in [2.75, 3.05) is 0 Å². The summed E-state index contributed by atoms with van der Waals surface area (Å²) >= 11 is 0. The number of fused-ring (bicyclic) bond motifs is 1. The Labute approximate surface area is 97.1 Å². The molecular formula is C13H10N2O2. The van der Waals surface area contributed by atoms with Gasteiger partial charge in [-0.25, -0.2) is 5.16 Å². The largest absolute Gasteiger partial charge is 0.388 e. The predicted octanol–water partition coefficient (Wildman–Crippen LogP) is 2.66. The molecule has 4 nitrogen and oxygen atoms in total. The molecule has 3 rings (SSSR count). The fourth-order valence-electron chi connectivity index (χ4n) is 1.65. The molecule has 0 atom stereocenters. The summed E-state index contributed by atoms with van der Waals surface area (Å²) in [6.45, 7) is 0. The van der Waals surface area contributed by atoms with Gasteiger partial charge in [0.15, 0.2) is 5.75 Å². The number of rotatable bonds is 2. The van der Waals surface area contributed by atoms with E-state index in [0.29, 0.717) is 5.49 Å². The minimum Gasteiger partial charge on any atom is -0.388 e. The smallest absolute Gasteiger partial charge is 0.202 e. The fourth-order valence-corrected chi connectivity index (χ4v) is 1.65. The Bertz CT molecular complexity index is 675. The molecule has 0 aliphatic rings. The Morgan fingerprint density at radius 1 is 1.00 bits per heavy atom. The van der Waals surface area contributed by atoms with E-state index in [4.69, 9.17) is 9.36 Å². The summed E-state index contributed by atoms with van der Waals surface area (Å²) in [6, 6.07) is 15.5. The van der Waals surface area contributed by atoms with Gasteiger partial charge in [-0.3, -0.25) is 0 Å². The second-order valence-electron chi connectivity index (χ2n) is 3.57. The highest BCUT2D eigenvalue weighted by molar-refractivity contribution is 5.88. The summed E-state index contributed by atoms with van der Waals surface area (Å²) in [7, 11) is 0. The number of hydrogen-bond donors (Lipinski definition) is 1. The second kappa shape index (κ2) is 4.17. The lowest BCUT2D eigenvalue weighted by Crippen LogP contribution is -2.02. The summed E-state index contributed by atoms with van der Waals surface area (Å²) < 4.78 is 4.79. The normalized spacial score (nSPS) is 11.9. The third kappa shape index (κ3) is 1.92. The molecule has 1 aromatic heterocycles. The maximum absolute atomic E-state index is 5.40. The van der Waals surface area contributed by atoms with Gasteiger partial charge in [0.1, 0.15) is 6.26 Å². The molecule has 0 spiro atoms. The zero-order valence-corrected chi connectivity index (χ0v) is 8.96. The van der Waals surface area contributed by atoms with E-state index in [9.17, 15) is 0 Å². The van der Waals surface area contributed by atoms with Gasteiger partial charge in [0, 0.05) is 11.5 Å². The average Bonchev–Trinajstić information content (AvgIpc) is 2.89. The van der Waals surface area contributed by atoms with Gasteiger partial charge in [0.25, 0.3) is 0 Å². The molecule has 0 aliphatic carbocycles. The molecule has 1 heterocycles. The van der Waals surface area contributed by atoms with Crippen molar-refractivity contribution in [3.63, 3.8) is 0 Å². The van der Waals surface area contributed by atoms with Crippen LogP contribution < -0.4 is 10.3 Å². The molecule has 0 radical (unpaired) electrons. The molecule has 1 N–H and O–H groups in total. The van der Waals surface area contributed by atoms with Gasteiger partial charge in [0.05, 0.1) is 0 Å². The molecule has 0 fully saturated rings. The van der Waals surface area contributed by atoms with Crippen molar-refractivity contribution < 1.29 is 9.36 Å². The maximum atomic E-state index is 5.40. The van der Waals surface area contributed by atoms with Crippen LogP contribution >= 0.6 is 0 Å². The van der Waals surface area contributed by atoms with Crippen molar-refractivity contribution in [3.8, 4) is 5.75 Å². The van der Waals surface area contributed by atoms with Crippen molar-refractivity contribution in [2.24, 2.45) is 5.16 Å². The third-order valence-electron chi connectivity index (χ3n) is 2.45. The number of aromatic amines is 1. The number of nitrogens with zero attached hydrogens (tertiary/aromatic N) is 1. The Morgan fingerprint density at radius 3 is 2.76 bits per heavy atom. The summed E-state index contributed by atoms with van der Waals surface area (Å²) in [4.78, 5) is 5.40. The second-order valence-corrected chi connectivity index (χ2v) is 3.57. The molecule has 3 aromatic rings. The Balaban J connectivity index is 2.04. The Morgan fingerprint density at radius 2 is 1.88 bits per heavy atom. The van der Waals surface area contributed by atoms with Crippen LogP contribution in [0.1, 0.15) is 0 Å². The van der Waals surface area contributed by atoms with E-state index in [1.54, 1.807) is 6.07 Å². The van der Waals surface area contributed by atoms with E-state index in [0.717, 1.165) is 16.5 Å². The first kappa shape index (κ1) is 9.72. The van der Waals surface area contributed by atoms with Crippen molar-refractivity contribution in [2.45, 2.75) is 0 Å². The van der Waals surface area contributed by atoms with Crippen LogP contribution in [0.15, 0.2) is 64.5 Å². The molecule has 0 amide bonds. The first-order valence-electron chi connectivity index (χ1n) is 5.24. The molecule has 84 valence electrons. The number of benzene rings is 2. The first-order chi connectivity index (χ1) is 8.43. The maximum Gasteiger partial charge on any atom is 0.202 e. The summed E-state index contributed by atoms with van der Waals surface area (Å²) in [5.74, 6) is 0.720. The van der Waals surface area contributed by atoms with E-state index in [-0.39, 0.29) is 0 Å². The van der Waals surface area contributed by atoms with E-state index in [1.807, 2.05) is 42.5 Å². The van der Waals surface area contributed by atoms with Gasteiger partial charge in [0.2, 0.25) is 5.49 Å². The van der Waals surface area contributed by atoms with Crippen LogP contribution in [-0.4, -0.2) is 5.16 Å². The molecule has 0 aliphatic heterocycles. The summed E-state index contributed by atoms with van der Waals surface area (Å²) in [5, 5.41) is 8.68. The minimum absolute atomic E-state index is 0.540. The quantitative estimate of drug-likeness (QED) is 0.683. The molecule has 0 unspecified atom stereocenters. The molecule has 2 aromatic carbocycles. The topological polar surface area (TPSA) is 50.5 Å². The standard InChI is InChI=1S/C13H10N2O2/c1-2-6-11-10(4-1)5-3-7-12(11)17-15-13-8-9-16-14-13/h1-9H,(H,14,15). The van der Waals surface area contributed by atoms with E-state index < -0.39 is 0 Å². The number of hydrogen-bond acceptors (Lipinski definition) is 3. The van der Waals surface area contributed by atoms with Gasteiger partial charge >= 0.3 is 0 Å². The van der Waals surface area contributed by atoms with Crippen LogP contribution in [0.4, 0.5) is 0 Å². The summed E-state index contributed by atoms with van der Waals surface area (Å²) in [6.07, 6.45) is 1.51. The lowest BCUT2D eigenvalue weighted by molar-refractivity contribution is 0.315. The minimum atomic E-state index is 0.540. The zero-order chi connectivity index (χ0) is 11.5. The SMILES string of the molecule is c1ccc2c(ON=c3cco[nH]3)cccc2c1. The first-order valence-corrected chi connectivity index (χ1v) is 5.24. The summed E-state index contributed by atoms with van der Waals surface area (Å²) in [5.41, 5.74) is 0.540. The van der Waals surface area contributed by atoms with Gasteiger partial charge in [-0.05, 0) is 11.5 Å². The van der Waals surface area contributed by atoms with E-state index in [2.05, 4.69) is 10.3 Å². The van der Waals surface area contributed by atoms with Crippen LogP contribution in [0.3, 0.4) is 0 Å². The average molecular weight is 226 g/mol. The molecule has 4 heteroatoms. The molecule has 0 bridgehead atoms. The van der Waals surface area contributed by atoms with Crippen molar-refractivity contribution in [1.29, 1.82) is 0 Å². The van der Waals surface area contributed by atoms with E-state index >= 15 is 0 Å². The van der Waals surface area contributed by atoms with Crippen molar-refractivity contribution in [3.05, 3.63) is 60.3 Å². The van der Waals surface area contributed by atoms with Crippen LogP contribution in [0, 0.1) is 0 Å². The van der Waals surface area contributed by atoms with Crippen LogP contribution in [-0.2, 0) is 0 Å². The lowest BCUT2D eigenvalue weighted by atomic mass is 10.1. The molecule has 0 saturated heterocycles. The number of H-pyrrole nitrogens is 1. The monoisotopic (exact) mass is 226 g/mol. The lowest BCUT2D eigenvalue weighted by Gasteiger charge is -2.02. The predicted molar refractivity (Wildman–Crippen MR) is 63.2 cm³/mol. The van der Waals surface area contributed by atoms with Crippen LogP contribution in [0.25, 0.3) is 10.8 Å². The number of aromatic nitrogens is 1. The number of nitrogens with one attached hydrogen (secondary N) is 1. The highest BCUT2D eigenvalue weighted by Gasteiger charge is 2.00. The molecular weight excluding hydrogens is 216 g/mol. The molecule has 17 heavy (non-hydrogen) atoms. The van der Waals surface area contributed by atoms with Crippen molar-refractivity contribution in [1.82, 2.24) is 5.16 Å². The van der Waals surface area contributed by atoms with Crippen LogP contribution in [0.5, 0.6) is 5.75 Å². The van der Waals surface area contributed by atoms with Gasteiger partial charge < -0.3 is 9.36 Å². The van der Waals surface area contributed by atoms with Gasteiger partial charge in [-0.2, -0.15) is 0 Å². The molecule has 0 saturated carbocycles. The van der Waals surface area contributed by atoms with Gasteiger partial charge in [-0.1, -0.05) is 41.6 Å². The van der Waals surface area contributed by atoms with Gasteiger partial charge in [-0.15, -0.1) is 0 Å². The highest BCUT2D eigenvalue weighted by atomic mass is 16.6. The highest BCUT2D eigenvalue weighted by Crippen LogP contribution is 2.24.